The molecule has 0 aromatic heterocycles. The van der Waals surface area contributed by atoms with Gasteiger partial charge in [0.2, 0.25) is 0 Å². The third-order valence-corrected chi connectivity index (χ3v) is 5.03. The molecule has 1 atom stereocenters. The topological polar surface area (TPSA) is 67.4 Å². The van der Waals surface area contributed by atoms with Crippen molar-refractivity contribution in [2.45, 2.75) is 39.7 Å². The predicted molar refractivity (Wildman–Crippen MR) is 125 cm³/mol. The SMILES string of the molecule is Cc1ccccc1C(=O)Nc1ccc(NC(=O)C(C)Oc2ccc(C(C)C)cc2)cc1. The van der Waals surface area contributed by atoms with Crippen LogP contribution in [0.2, 0.25) is 0 Å². The Hall–Kier alpha value is -3.60. The number of nitrogens with one attached hydrogen (secondary N) is 2. The number of aryl methyl sites for hydroxylation is 1. The highest BCUT2D eigenvalue weighted by Gasteiger charge is 2.15. The molecule has 0 heterocycles. The summed E-state index contributed by atoms with van der Waals surface area (Å²) in [5, 5.41) is 5.71. The number of anilines is 2. The number of hydrogen-bond acceptors (Lipinski definition) is 3. The van der Waals surface area contributed by atoms with E-state index < -0.39 is 6.10 Å². The molecule has 160 valence electrons. The van der Waals surface area contributed by atoms with Gasteiger partial charge in [-0.2, -0.15) is 0 Å². The molecule has 31 heavy (non-hydrogen) atoms. The summed E-state index contributed by atoms with van der Waals surface area (Å²) in [7, 11) is 0. The Bertz CT molecular complexity index is 1040. The minimum Gasteiger partial charge on any atom is -0.481 e. The first kappa shape index (κ1) is 22.1. The minimum atomic E-state index is -0.648. The summed E-state index contributed by atoms with van der Waals surface area (Å²) in [6.45, 7) is 7.87. The van der Waals surface area contributed by atoms with E-state index in [4.69, 9.17) is 4.74 Å². The maximum absolute atomic E-state index is 12.5. The van der Waals surface area contributed by atoms with Gasteiger partial charge in [-0.05, 0) is 73.4 Å². The summed E-state index contributed by atoms with van der Waals surface area (Å²) in [6.07, 6.45) is -0.648. The Balaban J connectivity index is 1.55. The molecular formula is C26H28N2O3. The lowest BCUT2D eigenvalue weighted by molar-refractivity contribution is -0.122. The first-order valence-corrected chi connectivity index (χ1v) is 10.4. The highest BCUT2D eigenvalue weighted by Crippen LogP contribution is 2.20. The second-order valence-corrected chi connectivity index (χ2v) is 7.82. The Morgan fingerprint density at radius 3 is 1.94 bits per heavy atom. The summed E-state index contributed by atoms with van der Waals surface area (Å²) in [5.41, 5.74) is 4.05. The van der Waals surface area contributed by atoms with E-state index in [1.165, 1.54) is 5.56 Å². The number of carbonyl (C=O) groups is 2. The molecule has 0 radical (unpaired) electrons. The molecule has 2 N–H and O–H groups in total. The van der Waals surface area contributed by atoms with Crippen molar-refractivity contribution in [1.29, 1.82) is 0 Å². The average Bonchev–Trinajstić information content (AvgIpc) is 2.75. The number of hydrogen-bond donors (Lipinski definition) is 2. The number of amides is 2. The Morgan fingerprint density at radius 2 is 1.35 bits per heavy atom. The standard InChI is InChI=1S/C26H28N2O3/c1-17(2)20-9-15-23(16-10-20)31-19(4)25(29)27-21-11-13-22(14-12-21)28-26(30)24-8-6-5-7-18(24)3/h5-17,19H,1-4H3,(H,27,29)(H,28,30). The fraction of sp³-hybridized carbons (Fsp3) is 0.231. The van der Waals surface area contributed by atoms with Gasteiger partial charge in [0.1, 0.15) is 5.75 Å². The molecule has 0 aliphatic carbocycles. The fourth-order valence-electron chi connectivity index (χ4n) is 3.10. The van der Waals surface area contributed by atoms with Gasteiger partial charge in [-0.3, -0.25) is 9.59 Å². The molecule has 3 aromatic rings. The van der Waals surface area contributed by atoms with E-state index in [0.717, 1.165) is 5.56 Å². The van der Waals surface area contributed by atoms with Gasteiger partial charge in [-0.15, -0.1) is 0 Å². The van der Waals surface area contributed by atoms with Gasteiger partial charge in [0.05, 0.1) is 0 Å². The van der Waals surface area contributed by atoms with E-state index in [1.807, 2.05) is 49.4 Å². The lowest BCUT2D eigenvalue weighted by atomic mass is 10.0. The molecule has 0 aliphatic heterocycles. The van der Waals surface area contributed by atoms with Gasteiger partial charge in [-0.25, -0.2) is 0 Å². The lowest BCUT2D eigenvalue weighted by Gasteiger charge is -2.16. The van der Waals surface area contributed by atoms with Gasteiger partial charge in [-0.1, -0.05) is 44.2 Å². The maximum Gasteiger partial charge on any atom is 0.265 e. The fourth-order valence-corrected chi connectivity index (χ4v) is 3.10. The van der Waals surface area contributed by atoms with Crippen LogP contribution >= 0.6 is 0 Å². The van der Waals surface area contributed by atoms with Crippen molar-refractivity contribution in [3.8, 4) is 5.75 Å². The predicted octanol–water partition coefficient (Wildman–Crippen LogP) is 5.78. The van der Waals surface area contributed by atoms with Crippen LogP contribution in [0.3, 0.4) is 0 Å². The van der Waals surface area contributed by atoms with E-state index in [9.17, 15) is 9.59 Å². The van der Waals surface area contributed by atoms with Crippen molar-refractivity contribution >= 4 is 23.2 Å². The van der Waals surface area contributed by atoms with Crippen LogP contribution in [-0.4, -0.2) is 17.9 Å². The molecule has 5 heteroatoms. The van der Waals surface area contributed by atoms with Crippen molar-refractivity contribution in [2.24, 2.45) is 0 Å². The molecule has 0 bridgehead atoms. The zero-order valence-electron chi connectivity index (χ0n) is 18.3. The monoisotopic (exact) mass is 416 g/mol. The van der Waals surface area contributed by atoms with Crippen molar-refractivity contribution in [1.82, 2.24) is 0 Å². The molecule has 3 rings (SSSR count). The molecule has 2 amide bonds. The van der Waals surface area contributed by atoms with Crippen LogP contribution in [0.4, 0.5) is 11.4 Å². The number of ether oxygens (including phenoxy) is 1. The zero-order valence-corrected chi connectivity index (χ0v) is 18.3. The van der Waals surface area contributed by atoms with Crippen LogP contribution in [0.25, 0.3) is 0 Å². The van der Waals surface area contributed by atoms with Gasteiger partial charge in [0, 0.05) is 16.9 Å². The Labute approximate surface area is 183 Å². The third-order valence-electron chi connectivity index (χ3n) is 5.03. The second-order valence-electron chi connectivity index (χ2n) is 7.82. The molecular weight excluding hydrogens is 388 g/mol. The first-order chi connectivity index (χ1) is 14.8. The van der Waals surface area contributed by atoms with E-state index in [1.54, 1.807) is 37.3 Å². The van der Waals surface area contributed by atoms with E-state index in [0.29, 0.717) is 28.6 Å². The normalized spacial score (nSPS) is 11.6. The molecule has 0 spiro atoms. The second kappa shape index (κ2) is 9.94. The highest BCUT2D eigenvalue weighted by molar-refractivity contribution is 6.05. The smallest absolute Gasteiger partial charge is 0.265 e. The lowest BCUT2D eigenvalue weighted by Crippen LogP contribution is -2.30. The van der Waals surface area contributed by atoms with Gasteiger partial charge in [0.25, 0.3) is 11.8 Å². The summed E-state index contributed by atoms with van der Waals surface area (Å²) >= 11 is 0. The zero-order chi connectivity index (χ0) is 22.4. The molecule has 0 saturated heterocycles. The Morgan fingerprint density at radius 1 is 0.774 bits per heavy atom. The first-order valence-electron chi connectivity index (χ1n) is 10.4. The third kappa shape index (κ3) is 5.95. The van der Waals surface area contributed by atoms with E-state index >= 15 is 0 Å². The summed E-state index contributed by atoms with van der Waals surface area (Å²) < 4.78 is 5.75. The van der Waals surface area contributed by atoms with Gasteiger partial charge in [0.15, 0.2) is 6.10 Å². The Kier molecular flexibility index (Phi) is 7.08. The van der Waals surface area contributed by atoms with Crippen molar-refractivity contribution in [3.63, 3.8) is 0 Å². The highest BCUT2D eigenvalue weighted by atomic mass is 16.5. The molecule has 0 saturated carbocycles. The van der Waals surface area contributed by atoms with Crippen molar-refractivity contribution in [2.75, 3.05) is 10.6 Å². The van der Waals surface area contributed by atoms with E-state index in [-0.39, 0.29) is 11.8 Å². The molecule has 1 unspecified atom stereocenters. The van der Waals surface area contributed by atoms with Crippen LogP contribution in [0.15, 0.2) is 72.8 Å². The van der Waals surface area contributed by atoms with Crippen LogP contribution in [0, 0.1) is 6.92 Å². The quantitative estimate of drug-likeness (QED) is 0.513. The van der Waals surface area contributed by atoms with Crippen molar-refractivity contribution < 1.29 is 14.3 Å². The number of carbonyl (C=O) groups excluding carboxylic acids is 2. The average molecular weight is 417 g/mol. The number of benzene rings is 3. The van der Waals surface area contributed by atoms with E-state index in [2.05, 4.69) is 24.5 Å². The maximum atomic E-state index is 12.5. The number of rotatable bonds is 7. The van der Waals surface area contributed by atoms with Gasteiger partial charge >= 0.3 is 0 Å². The summed E-state index contributed by atoms with van der Waals surface area (Å²) in [4.78, 5) is 24.9. The molecule has 0 aliphatic rings. The van der Waals surface area contributed by atoms with Crippen LogP contribution < -0.4 is 15.4 Å². The van der Waals surface area contributed by atoms with Crippen molar-refractivity contribution in [3.05, 3.63) is 89.5 Å². The summed E-state index contributed by atoms with van der Waals surface area (Å²) in [6, 6.07) is 22.2. The van der Waals surface area contributed by atoms with Gasteiger partial charge < -0.3 is 15.4 Å². The molecule has 5 nitrogen and oxygen atoms in total. The van der Waals surface area contributed by atoms with Crippen LogP contribution in [-0.2, 0) is 4.79 Å². The summed E-state index contributed by atoms with van der Waals surface area (Å²) in [5.74, 6) is 0.686. The molecule has 3 aromatic carbocycles. The minimum absolute atomic E-state index is 0.166. The molecule has 0 fully saturated rings. The van der Waals surface area contributed by atoms with Crippen LogP contribution in [0.1, 0.15) is 48.2 Å². The van der Waals surface area contributed by atoms with Crippen LogP contribution in [0.5, 0.6) is 5.75 Å². The largest absolute Gasteiger partial charge is 0.481 e.